The van der Waals surface area contributed by atoms with Gasteiger partial charge in [0.25, 0.3) is 0 Å². The van der Waals surface area contributed by atoms with Gasteiger partial charge in [-0.3, -0.25) is 0 Å². The first-order valence-electron chi connectivity index (χ1n) is 5.00. The Balaban J connectivity index is 2.83. The lowest BCUT2D eigenvalue weighted by Crippen LogP contribution is -2.20. The normalized spacial score (nSPS) is 18.9. The minimum atomic E-state index is -0.705. The van der Waals surface area contributed by atoms with Crippen molar-refractivity contribution in [3.05, 3.63) is 23.5 Å². The number of nitrogens with zero attached hydrogens (tertiary/aromatic N) is 1. The summed E-state index contributed by atoms with van der Waals surface area (Å²) in [6.07, 6.45) is 2.12. The third-order valence-electron chi connectivity index (χ3n) is 1.80. The Kier molecular flexibility index (Phi) is 4.55. The van der Waals surface area contributed by atoms with Crippen LogP contribution in [-0.2, 0) is 19.0 Å². The first kappa shape index (κ1) is 12.3. The van der Waals surface area contributed by atoms with Crippen molar-refractivity contribution in [2.24, 2.45) is 0 Å². The van der Waals surface area contributed by atoms with Gasteiger partial charge >= 0.3 is 5.97 Å². The van der Waals surface area contributed by atoms with Crippen LogP contribution >= 0.6 is 0 Å². The molecule has 1 aliphatic heterocycles. The molecule has 1 heterocycles. The van der Waals surface area contributed by atoms with E-state index in [4.69, 9.17) is 19.5 Å². The summed E-state index contributed by atoms with van der Waals surface area (Å²) >= 11 is 0. The summed E-state index contributed by atoms with van der Waals surface area (Å²) in [5, 5.41) is 8.73. The predicted molar refractivity (Wildman–Crippen MR) is 54.9 cm³/mol. The van der Waals surface area contributed by atoms with Crippen LogP contribution in [0.25, 0.3) is 0 Å². The first-order chi connectivity index (χ1) is 7.71. The van der Waals surface area contributed by atoms with Crippen molar-refractivity contribution >= 4 is 5.97 Å². The van der Waals surface area contributed by atoms with Crippen molar-refractivity contribution in [1.29, 1.82) is 5.26 Å². The molecule has 0 amide bonds. The highest BCUT2D eigenvalue weighted by Crippen LogP contribution is 2.17. The molecule has 1 aliphatic rings. The number of carbonyl (C=O) groups is 1. The van der Waals surface area contributed by atoms with Crippen LogP contribution in [0.4, 0.5) is 0 Å². The SMILES string of the molecule is CCOC(=O)C1=CC(OCC)OC(C#N)=C1. The second kappa shape index (κ2) is 5.93. The number of hydrogen-bond acceptors (Lipinski definition) is 5. The fraction of sp³-hybridized carbons (Fsp3) is 0.455. The quantitative estimate of drug-likeness (QED) is 0.671. The molecule has 0 spiro atoms. The zero-order valence-corrected chi connectivity index (χ0v) is 9.23. The van der Waals surface area contributed by atoms with E-state index in [2.05, 4.69) is 0 Å². The minimum absolute atomic E-state index is 0.0454. The van der Waals surface area contributed by atoms with Gasteiger partial charge in [-0.25, -0.2) is 4.79 Å². The molecule has 0 aromatic carbocycles. The fourth-order valence-electron chi connectivity index (χ4n) is 1.18. The number of hydrogen-bond donors (Lipinski definition) is 0. The number of allylic oxidation sites excluding steroid dienone is 1. The second-order valence-electron chi connectivity index (χ2n) is 2.90. The average molecular weight is 223 g/mol. The van der Waals surface area contributed by atoms with Gasteiger partial charge in [0.05, 0.1) is 12.2 Å². The Morgan fingerprint density at radius 1 is 1.56 bits per heavy atom. The lowest BCUT2D eigenvalue weighted by Gasteiger charge is -2.19. The van der Waals surface area contributed by atoms with Crippen molar-refractivity contribution in [3.8, 4) is 6.07 Å². The Labute approximate surface area is 93.9 Å². The molecule has 1 unspecified atom stereocenters. The summed E-state index contributed by atoms with van der Waals surface area (Å²) in [6.45, 7) is 4.22. The van der Waals surface area contributed by atoms with Crippen molar-refractivity contribution in [3.63, 3.8) is 0 Å². The van der Waals surface area contributed by atoms with Crippen LogP contribution in [0.15, 0.2) is 23.5 Å². The van der Waals surface area contributed by atoms with Crippen LogP contribution in [0.3, 0.4) is 0 Å². The van der Waals surface area contributed by atoms with Crippen LogP contribution < -0.4 is 0 Å². The molecular weight excluding hydrogens is 210 g/mol. The lowest BCUT2D eigenvalue weighted by atomic mass is 10.2. The van der Waals surface area contributed by atoms with E-state index in [-0.39, 0.29) is 17.9 Å². The molecule has 1 atom stereocenters. The van der Waals surface area contributed by atoms with Gasteiger partial charge in [-0.1, -0.05) is 0 Å². The van der Waals surface area contributed by atoms with E-state index >= 15 is 0 Å². The molecule has 1 rings (SSSR count). The summed E-state index contributed by atoms with van der Waals surface area (Å²) in [7, 11) is 0. The highest BCUT2D eigenvalue weighted by Gasteiger charge is 2.20. The van der Waals surface area contributed by atoms with Gasteiger partial charge in [0.15, 0.2) is 0 Å². The van der Waals surface area contributed by atoms with Gasteiger partial charge in [-0.05, 0) is 19.9 Å². The van der Waals surface area contributed by atoms with Crippen LogP contribution in [-0.4, -0.2) is 25.5 Å². The topological polar surface area (TPSA) is 68.6 Å². The molecule has 16 heavy (non-hydrogen) atoms. The number of ether oxygens (including phenoxy) is 3. The van der Waals surface area contributed by atoms with E-state index in [0.29, 0.717) is 6.61 Å². The Bertz CT molecular complexity index is 365. The monoisotopic (exact) mass is 223 g/mol. The molecule has 0 saturated heterocycles. The maximum absolute atomic E-state index is 11.5. The van der Waals surface area contributed by atoms with E-state index in [9.17, 15) is 4.79 Å². The molecule has 0 N–H and O–H groups in total. The van der Waals surface area contributed by atoms with Crippen molar-refractivity contribution in [2.45, 2.75) is 20.1 Å². The standard InChI is InChI=1S/C11H13NO4/c1-3-14-10-6-8(11(13)15-4-2)5-9(7-12)16-10/h5-6,10H,3-4H2,1-2H3. The Morgan fingerprint density at radius 3 is 2.88 bits per heavy atom. The molecule has 0 aromatic heterocycles. The molecule has 5 nitrogen and oxygen atoms in total. The summed E-state index contributed by atoms with van der Waals surface area (Å²) in [6, 6.07) is 1.83. The largest absolute Gasteiger partial charge is 0.462 e. The molecular formula is C11H13NO4. The van der Waals surface area contributed by atoms with Crippen LogP contribution in [0.5, 0.6) is 0 Å². The minimum Gasteiger partial charge on any atom is -0.462 e. The van der Waals surface area contributed by atoms with Gasteiger partial charge in [0, 0.05) is 12.7 Å². The van der Waals surface area contributed by atoms with E-state index in [1.165, 1.54) is 12.2 Å². The lowest BCUT2D eigenvalue weighted by molar-refractivity contribution is -0.138. The van der Waals surface area contributed by atoms with E-state index < -0.39 is 12.3 Å². The number of rotatable bonds is 4. The van der Waals surface area contributed by atoms with E-state index in [1.54, 1.807) is 13.8 Å². The van der Waals surface area contributed by atoms with Gasteiger partial charge in [0.2, 0.25) is 12.0 Å². The van der Waals surface area contributed by atoms with Crippen molar-refractivity contribution in [1.82, 2.24) is 0 Å². The van der Waals surface area contributed by atoms with E-state index in [1.807, 2.05) is 6.07 Å². The summed E-state index contributed by atoms with van der Waals surface area (Å²) in [4.78, 5) is 11.5. The maximum Gasteiger partial charge on any atom is 0.338 e. The summed E-state index contributed by atoms with van der Waals surface area (Å²) < 4.78 is 15.1. The second-order valence-corrected chi connectivity index (χ2v) is 2.90. The van der Waals surface area contributed by atoms with Crippen LogP contribution in [0.1, 0.15) is 13.8 Å². The van der Waals surface area contributed by atoms with Crippen LogP contribution in [0.2, 0.25) is 0 Å². The molecule has 0 bridgehead atoms. The van der Waals surface area contributed by atoms with Crippen molar-refractivity contribution in [2.75, 3.05) is 13.2 Å². The third kappa shape index (κ3) is 3.11. The number of carbonyl (C=O) groups excluding carboxylic acids is 1. The van der Waals surface area contributed by atoms with Gasteiger partial charge < -0.3 is 14.2 Å². The molecule has 0 aromatic rings. The molecule has 0 radical (unpaired) electrons. The predicted octanol–water partition coefficient (Wildman–Crippen LogP) is 1.28. The molecule has 0 aliphatic carbocycles. The van der Waals surface area contributed by atoms with Gasteiger partial charge in [-0.15, -0.1) is 0 Å². The Morgan fingerprint density at radius 2 is 2.31 bits per heavy atom. The first-order valence-corrected chi connectivity index (χ1v) is 5.00. The van der Waals surface area contributed by atoms with Crippen LogP contribution in [0, 0.1) is 11.3 Å². The zero-order chi connectivity index (χ0) is 12.0. The number of esters is 1. The average Bonchev–Trinajstić information content (AvgIpc) is 2.29. The molecule has 0 fully saturated rings. The highest BCUT2D eigenvalue weighted by molar-refractivity contribution is 5.92. The van der Waals surface area contributed by atoms with Gasteiger partial charge in [0.1, 0.15) is 6.07 Å². The zero-order valence-electron chi connectivity index (χ0n) is 9.23. The molecule has 0 saturated carbocycles. The van der Waals surface area contributed by atoms with Gasteiger partial charge in [-0.2, -0.15) is 5.26 Å². The highest BCUT2D eigenvalue weighted by atomic mass is 16.7. The Hall–Kier alpha value is -1.80. The number of nitriles is 1. The van der Waals surface area contributed by atoms with Crippen molar-refractivity contribution < 1.29 is 19.0 Å². The maximum atomic E-state index is 11.5. The smallest absolute Gasteiger partial charge is 0.338 e. The molecule has 5 heteroatoms. The van der Waals surface area contributed by atoms with E-state index in [0.717, 1.165) is 0 Å². The summed E-state index contributed by atoms with van der Waals surface area (Å²) in [5.74, 6) is -0.438. The fourth-order valence-corrected chi connectivity index (χ4v) is 1.18. The summed E-state index contributed by atoms with van der Waals surface area (Å²) in [5.41, 5.74) is 0.281. The molecule has 86 valence electrons. The third-order valence-corrected chi connectivity index (χ3v) is 1.80.